The van der Waals surface area contributed by atoms with E-state index in [-0.39, 0.29) is 23.6 Å². The van der Waals surface area contributed by atoms with Crippen LogP contribution in [0.25, 0.3) is 10.9 Å². The molecular formula is C17H12FNO2. The van der Waals surface area contributed by atoms with Crippen molar-refractivity contribution in [1.29, 1.82) is 0 Å². The highest BCUT2D eigenvalue weighted by Gasteiger charge is 2.09. The molecule has 0 saturated carbocycles. The first kappa shape index (κ1) is 13.2. The van der Waals surface area contributed by atoms with Crippen molar-refractivity contribution < 1.29 is 9.18 Å². The highest BCUT2D eigenvalue weighted by atomic mass is 19.1. The van der Waals surface area contributed by atoms with Gasteiger partial charge >= 0.3 is 0 Å². The molecule has 0 unspecified atom stereocenters. The number of hydrogen-bond donors (Lipinski definition) is 0. The number of para-hydroxylation sites is 1. The van der Waals surface area contributed by atoms with Crippen LogP contribution >= 0.6 is 0 Å². The van der Waals surface area contributed by atoms with Gasteiger partial charge in [-0.1, -0.05) is 12.1 Å². The molecule has 0 aliphatic heterocycles. The summed E-state index contributed by atoms with van der Waals surface area (Å²) in [5.74, 6) is -0.510. The molecule has 104 valence electrons. The molecule has 0 saturated heterocycles. The number of Topliss-reactive ketones (excluding diaryl/α,β-unsaturated/α-hetero) is 1. The molecule has 2 aromatic carbocycles. The van der Waals surface area contributed by atoms with Gasteiger partial charge in [-0.15, -0.1) is 0 Å². The predicted octanol–water partition coefficient (Wildman–Crippen LogP) is 3.02. The minimum Gasteiger partial charge on any atom is -0.339 e. The quantitative estimate of drug-likeness (QED) is 0.692. The summed E-state index contributed by atoms with van der Waals surface area (Å²) in [5, 5.41) is 0.576. The topological polar surface area (TPSA) is 39.1 Å². The van der Waals surface area contributed by atoms with Gasteiger partial charge in [0.1, 0.15) is 5.82 Å². The van der Waals surface area contributed by atoms with E-state index in [4.69, 9.17) is 0 Å². The summed E-state index contributed by atoms with van der Waals surface area (Å²) >= 11 is 0. The number of nitrogens with zero attached hydrogens (tertiary/aromatic N) is 1. The molecule has 0 spiro atoms. The molecule has 4 heteroatoms. The number of halogens is 1. The van der Waals surface area contributed by atoms with Gasteiger partial charge in [-0.3, -0.25) is 9.59 Å². The normalized spacial score (nSPS) is 10.7. The molecule has 0 amide bonds. The number of benzene rings is 2. The van der Waals surface area contributed by atoms with E-state index in [1.807, 2.05) is 6.07 Å². The zero-order chi connectivity index (χ0) is 14.8. The maximum absolute atomic E-state index is 12.9. The van der Waals surface area contributed by atoms with Gasteiger partial charge in [0.25, 0.3) is 0 Å². The van der Waals surface area contributed by atoms with Crippen LogP contribution in [-0.4, -0.2) is 10.4 Å². The van der Waals surface area contributed by atoms with Gasteiger partial charge in [0.15, 0.2) is 11.2 Å². The maximum Gasteiger partial charge on any atom is 0.189 e. The zero-order valence-corrected chi connectivity index (χ0v) is 11.1. The van der Waals surface area contributed by atoms with E-state index in [2.05, 4.69) is 0 Å². The van der Waals surface area contributed by atoms with E-state index in [9.17, 15) is 14.0 Å². The zero-order valence-electron chi connectivity index (χ0n) is 11.1. The fourth-order valence-electron chi connectivity index (χ4n) is 2.28. The average Bonchev–Trinajstić information content (AvgIpc) is 2.51. The third-order valence-corrected chi connectivity index (χ3v) is 3.36. The van der Waals surface area contributed by atoms with Gasteiger partial charge in [0.05, 0.1) is 12.1 Å². The summed E-state index contributed by atoms with van der Waals surface area (Å²) in [6, 6.07) is 14.0. The van der Waals surface area contributed by atoms with Crippen LogP contribution in [0, 0.1) is 5.82 Å². The highest BCUT2D eigenvalue weighted by molar-refractivity contribution is 5.96. The maximum atomic E-state index is 12.9. The molecule has 0 atom stereocenters. The lowest BCUT2D eigenvalue weighted by Gasteiger charge is -2.09. The number of pyridine rings is 1. The van der Waals surface area contributed by atoms with Gasteiger partial charge in [-0.05, 0) is 36.4 Å². The fraction of sp³-hybridized carbons (Fsp3) is 0.0588. The first-order chi connectivity index (χ1) is 10.1. The van der Waals surface area contributed by atoms with Crippen molar-refractivity contribution in [2.24, 2.45) is 0 Å². The number of carbonyl (C=O) groups excluding carboxylic acids is 1. The van der Waals surface area contributed by atoms with Crippen molar-refractivity contribution in [2.75, 3.05) is 0 Å². The number of fused-ring (bicyclic) bond motifs is 1. The smallest absolute Gasteiger partial charge is 0.189 e. The predicted molar refractivity (Wildman–Crippen MR) is 78.9 cm³/mol. The van der Waals surface area contributed by atoms with Crippen LogP contribution in [0.4, 0.5) is 4.39 Å². The second-order valence-corrected chi connectivity index (χ2v) is 4.76. The molecule has 0 aliphatic carbocycles. The van der Waals surface area contributed by atoms with E-state index in [0.29, 0.717) is 16.5 Å². The summed E-state index contributed by atoms with van der Waals surface area (Å²) in [6.45, 7) is 0.104. The summed E-state index contributed by atoms with van der Waals surface area (Å²) in [6.07, 6.45) is 1.60. The Bertz CT molecular complexity index is 866. The van der Waals surface area contributed by atoms with Crippen LogP contribution in [0.5, 0.6) is 0 Å². The van der Waals surface area contributed by atoms with Crippen LogP contribution < -0.4 is 5.43 Å². The van der Waals surface area contributed by atoms with Gasteiger partial charge in [-0.2, -0.15) is 0 Å². The number of carbonyl (C=O) groups is 1. The first-order valence-electron chi connectivity index (χ1n) is 6.52. The largest absolute Gasteiger partial charge is 0.339 e. The molecule has 0 fully saturated rings. The molecule has 1 heterocycles. The van der Waals surface area contributed by atoms with Crippen LogP contribution in [0.2, 0.25) is 0 Å². The van der Waals surface area contributed by atoms with E-state index in [1.165, 1.54) is 30.3 Å². The fourth-order valence-corrected chi connectivity index (χ4v) is 2.28. The molecular weight excluding hydrogens is 269 g/mol. The molecule has 21 heavy (non-hydrogen) atoms. The molecule has 0 radical (unpaired) electrons. The molecule has 3 aromatic rings. The Morgan fingerprint density at radius 3 is 2.48 bits per heavy atom. The lowest BCUT2D eigenvalue weighted by atomic mass is 10.1. The summed E-state index contributed by atoms with van der Waals surface area (Å²) in [7, 11) is 0. The van der Waals surface area contributed by atoms with Gasteiger partial charge in [0, 0.05) is 23.2 Å². The Balaban J connectivity index is 1.99. The SMILES string of the molecule is O=C(Cn1ccc(=O)c2ccccc21)c1ccc(F)cc1. The van der Waals surface area contributed by atoms with Crippen molar-refractivity contribution in [3.63, 3.8) is 0 Å². The van der Waals surface area contributed by atoms with E-state index < -0.39 is 0 Å². The van der Waals surface area contributed by atoms with E-state index >= 15 is 0 Å². The lowest BCUT2D eigenvalue weighted by molar-refractivity contribution is 0.0973. The minimum atomic E-state index is -0.375. The average molecular weight is 281 g/mol. The Morgan fingerprint density at radius 1 is 1.00 bits per heavy atom. The second-order valence-electron chi connectivity index (χ2n) is 4.76. The summed E-state index contributed by atoms with van der Waals surface area (Å²) in [5.41, 5.74) is 1.08. The molecule has 0 N–H and O–H groups in total. The van der Waals surface area contributed by atoms with Gasteiger partial charge < -0.3 is 4.57 Å². The van der Waals surface area contributed by atoms with Gasteiger partial charge in [0.2, 0.25) is 0 Å². The Labute approximate surface area is 120 Å². The van der Waals surface area contributed by atoms with Crippen molar-refractivity contribution >= 4 is 16.7 Å². The third-order valence-electron chi connectivity index (χ3n) is 3.36. The number of hydrogen-bond acceptors (Lipinski definition) is 2. The van der Waals surface area contributed by atoms with E-state index in [1.54, 1.807) is 29.0 Å². The van der Waals surface area contributed by atoms with Crippen LogP contribution in [0.15, 0.2) is 65.6 Å². The molecule has 3 rings (SSSR count). The highest BCUT2D eigenvalue weighted by Crippen LogP contribution is 2.11. The van der Waals surface area contributed by atoms with E-state index in [0.717, 1.165) is 0 Å². The molecule has 1 aromatic heterocycles. The summed E-state index contributed by atoms with van der Waals surface area (Å²) < 4.78 is 14.6. The Kier molecular flexibility index (Phi) is 3.36. The van der Waals surface area contributed by atoms with Crippen LogP contribution in [0.1, 0.15) is 10.4 Å². The number of ketones is 1. The first-order valence-corrected chi connectivity index (χ1v) is 6.52. The molecule has 0 bridgehead atoms. The van der Waals surface area contributed by atoms with Crippen LogP contribution in [0.3, 0.4) is 0 Å². The van der Waals surface area contributed by atoms with Crippen molar-refractivity contribution in [2.45, 2.75) is 6.54 Å². The third kappa shape index (κ3) is 2.60. The number of aromatic nitrogens is 1. The Hall–Kier alpha value is -2.75. The minimum absolute atomic E-state index is 0.0731. The second kappa shape index (κ2) is 5.32. The van der Waals surface area contributed by atoms with Crippen LogP contribution in [-0.2, 0) is 6.54 Å². The van der Waals surface area contributed by atoms with Gasteiger partial charge in [-0.25, -0.2) is 4.39 Å². The lowest BCUT2D eigenvalue weighted by Crippen LogP contribution is -2.14. The summed E-state index contributed by atoms with van der Waals surface area (Å²) in [4.78, 5) is 24.0. The Morgan fingerprint density at radius 2 is 1.71 bits per heavy atom. The van der Waals surface area contributed by atoms with Crippen molar-refractivity contribution in [3.05, 3.63) is 82.4 Å². The molecule has 3 nitrogen and oxygen atoms in total. The van der Waals surface area contributed by atoms with Crippen molar-refractivity contribution in [3.8, 4) is 0 Å². The molecule has 0 aliphatic rings. The monoisotopic (exact) mass is 281 g/mol. The number of rotatable bonds is 3. The van der Waals surface area contributed by atoms with Crippen molar-refractivity contribution in [1.82, 2.24) is 4.57 Å². The standard InChI is InChI=1S/C17H12FNO2/c18-13-7-5-12(6-8-13)17(21)11-19-10-9-16(20)14-3-1-2-4-15(14)19/h1-10H,11H2.